The van der Waals surface area contributed by atoms with E-state index in [2.05, 4.69) is 31.1 Å². The first-order valence-electron chi connectivity index (χ1n) is 7.98. The van der Waals surface area contributed by atoms with Gasteiger partial charge in [0.05, 0.1) is 23.5 Å². The van der Waals surface area contributed by atoms with Gasteiger partial charge in [-0.05, 0) is 25.7 Å². The molecule has 4 rings (SSSR count). The molecule has 126 valence electrons. The van der Waals surface area contributed by atoms with Gasteiger partial charge in [-0.1, -0.05) is 0 Å². The SMILES string of the molecule is O=C1CCC(NC(=O)Nc2cn[nH]c2-c2nccs2)C2(CCC2)N1. The second-order valence-electron chi connectivity index (χ2n) is 6.24. The molecule has 1 saturated carbocycles. The van der Waals surface area contributed by atoms with E-state index in [0.29, 0.717) is 24.2 Å². The lowest BCUT2D eigenvalue weighted by atomic mass is 9.68. The maximum atomic E-state index is 12.4. The Morgan fingerprint density at radius 2 is 2.29 bits per heavy atom. The van der Waals surface area contributed by atoms with Gasteiger partial charge in [0.2, 0.25) is 5.91 Å². The smallest absolute Gasteiger partial charge is 0.319 e. The Morgan fingerprint density at radius 1 is 1.42 bits per heavy atom. The van der Waals surface area contributed by atoms with Crippen LogP contribution in [0.25, 0.3) is 10.7 Å². The number of anilines is 1. The summed E-state index contributed by atoms with van der Waals surface area (Å²) in [4.78, 5) is 28.3. The first-order chi connectivity index (χ1) is 11.7. The molecule has 1 atom stereocenters. The quantitative estimate of drug-likeness (QED) is 0.679. The Labute approximate surface area is 142 Å². The minimum atomic E-state index is -0.290. The van der Waals surface area contributed by atoms with Gasteiger partial charge in [-0.15, -0.1) is 11.3 Å². The number of nitrogens with zero attached hydrogens (tertiary/aromatic N) is 2. The number of carbonyl (C=O) groups excluding carboxylic acids is 2. The molecule has 1 aliphatic heterocycles. The van der Waals surface area contributed by atoms with Gasteiger partial charge in [0.1, 0.15) is 10.7 Å². The zero-order chi connectivity index (χ0) is 16.6. The van der Waals surface area contributed by atoms with Crippen LogP contribution in [0, 0.1) is 0 Å². The summed E-state index contributed by atoms with van der Waals surface area (Å²) in [7, 11) is 0. The predicted molar refractivity (Wildman–Crippen MR) is 89.6 cm³/mol. The third-order valence-electron chi connectivity index (χ3n) is 4.80. The van der Waals surface area contributed by atoms with Crippen LogP contribution >= 0.6 is 11.3 Å². The van der Waals surface area contributed by atoms with E-state index in [1.54, 1.807) is 12.4 Å². The molecular weight excluding hydrogens is 328 g/mol. The van der Waals surface area contributed by atoms with E-state index >= 15 is 0 Å². The lowest BCUT2D eigenvalue weighted by molar-refractivity contribution is -0.127. The number of amides is 3. The second-order valence-corrected chi connectivity index (χ2v) is 7.14. The molecule has 1 saturated heterocycles. The van der Waals surface area contributed by atoms with Crippen molar-refractivity contribution >= 4 is 29.0 Å². The lowest BCUT2D eigenvalue weighted by Crippen LogP contribution is -2.68. The van der Waals surface area contributed by atoms with Crippen molar-refractivity contribution in [2.75, 3.05) is 5.32 Å². The standard InChI is InChI=1S/C15H18N6O2S/c22-11-3-2-10(15(20-11)4-1-5-15)19-14(23)18-9-8-17-21-12(9)13-16-6-7-24-13/h6-8,10H,1-5H2,(H,17,21)(H,20,22)(H2,18,19,23). The van der Waals surface area contributed by atoms with Gasteiger partial charge >= 0.3 is 6.03 Å². The lowest BCUT2D eigenvalue weighted by Gasteiger charge is -2.50. The molecule has 9 heteroatoms. The highest BCUT2D eigenvalue weighted by molar-refractivity contribution is 7.13. The average molecular weight is 346 g/mol. The van der Waals surface area contributed by atoms with Crippen molar-refractivity contribution in [1.82, 2.24) is 25.8 Å². The summed E-state index contributed by atoms with van der Waals surface area (Å²) in [5, 5.41) is 18.4. The van der Waals surface area contributed by atoms with E-state index in [1.165, 1.54) is 11.3 Å². The molecule has 2 aliphatic rings. The van der Waals surface area contributed by atoms with Crippen LogP contribution < -0.4 is 16.0 Å². The number of hydrogen-bond donors (Lipinski definition) is 4. The molecule has 1 unspecified atom stereocenters. The van der Waals surface area contributed by atoms with Crippen LogP contribution in [0.4, 0.5) is 10.5 Å². The van der Waals surface area contributed by atoms with Crippen LogP contribution in [0.1, 0.15) is 32.1 Å². The average Bonchev–Trinajstić information content (AvgIpc) is 3.18. The summed E-state index contributed by atoms with van der Waals surface area (Å²) in [5.74, 6) is 0.0778. The zero-order valence-electron chi connectivity index (χ0n) is 13.0. The third-order valence-corrected chi connectivity index (χ3v) is 5.59. The number of nitrogens with one attached hydrogen (secondary N) is 4. The molecular formula is C15H18N6O2S. The minimum absolute atomic E-state index is 0.0424. The number of urea groups is 1. The fraction of sp³-hybridized carbons (Fsp3) is 0.467. The van der Waals surface area contributed by atoms with Crippen LogP contribution in [0.3, 0.4) is 0 Å². The topological polar surface area (TPSA) is 112 Å². The minimum Gasteiger partial charge on any atom is -0.349 e. The number of rotatable bonds is 3. The van der Waals surface area contributed by atoms with E-state index < -0.39 is 0 Å². The summed E-state index contributed by atoms with van der Waals surface area (Å²) in [6, 6.07) is -0.333. The van der Waals surface area contributed by atoms with Crippen molar-refractivity contribution < 1.29 is 9.59 Å². The molecule has 0 radical (unpaired) electrons. The van der Waals surface area contributed by atoms with Crippen LogP contribution in [0.5, 0.6) is 0 Å². The van der Waals surface area contributed by atoms with Gasteiger partial charge in [0.25, 0.3) is 0 Å². The molecule has 1 spiro atoms. The third kappa shape index (κ3) is 2.64. The van der Waals surface area contributed by atoms with Crippen molar-refractivity contribution in [2.45, 2.75) is 43.7 Å². The molecule has 24 heavy (non-hydrogen) atoms. The molecule has 0 bridgehead atoms. The van der Waals surface area contributed by atoms with Crippen LogP contribution in [0.2, 0.25) is 0 Å². The first-order valence-corrected chi connectivity index (χ1v) is 8.86. The highest BCUT2D eigenvalue weighted by atomic mass is 32.1. The van der Waals surface area contributed by atoms with Gasteiger partial charge < -0.3 is 16.0 Å². The summed E-state index contributed by atoms with van der Waals surface area (Å²) in [6.07, 6.45) is 7.30. The van der Waals surface area contributed by atoms with Gasteiger partial charge in [-0.2, -0.15) is 5.10 Å². The van der Waals surface area contributed by atoms with Crippen molar-refractivity contribution in [2.24, 2.45) is 0 Å². The fourth-order valence-corrected chi connectivity index (χ4v) is 4.07. The summed E-state index contributed by atoms with van der Waals surface area (Å²) < 4.78 is 0. The first kappa shape index (κ1) is 15.1. The largest absolute Gasteiger partial charge is 0.349 e. The maximum Gasteiger partial charge on any atom is 0.319 e. The Bertz CT molecular complexity index is 752. The summed E-state index contributed by atoms with van der Waals surface area (Å²) >= 11 is 1.47. The van der Waals surface area contributed by atoms with E-state index in [-0.39, 0.29) is 23.5 Å². The molecule has 4 N–H and O–H groups in total. The van der Waals surface area contributed by atoms with Gasteiger partial charge in [0, 0.05) is 18.0 Å². The molecule has 2 aromatic rings. The molecule has 2 aromatic heterocycles. The Hall–Kier alpha value is -2.42. The van der Waals surface area contributed by atoms with E-state index in [1.807, 2.05) is 5.38 Å². The van der Waals surface area contributed by atoms with Crippen molar-refractivity contribution in [3.8, 4) is 10.7 Å². The highest BCUT2D eigenvalue weighted by Gasteiger charge is 2.48. The summed E-state index contributed by atoms with van der Waals surface area (Å²) in [6.45, 7) is 0. The molecule has 1 aliphatic carbocycles. The van der Waals surface area contributed by atoms with Crippen LogP contribution in [-0.2, 0) is 4.79 Å². The molecule has 2 fully saturated rings. The number of carbonyl (C=O) groups is 2. The number of hydrogen-bond acceptors (Lipinski definition) is 5. The number of H-pyrrole nitrogens is 1. The molecule has 3 heterocycles. The van der Waals surface area contributed by atoms with Gasteiger partial charge in [-0.25, -0.2) is 9.78 Å². The number of aromatic nitrogens is 3. The number of thiazole rings is 1. The number of aromatic amines is 1. The monoisotopic (exact) mass is 346 g/mol. The fourth-order valence-electron chi connectivity index (χ4n) is 3.43. The molecule has 0 aromatic carbocycles. The van der Waals surface area contributed by atoms with E-state index in [4.69, 9.17) is 0 Å². The number of piperidine rings is 1. The van der Waals surface area contributed by atoms with Crippen molar-refractivity contribution in [3.63, 3.8) is 0 Å². The van der Waals surface area contributed by atoms with Gasteiger partial charge in [0.15, 0.2) is 0 Å². The van der Waals surface area contributed by atoms with Crippen LogP contribution in [-0.4, -0.2) is 38.7 Å². The Balaban J connectivity index is 1.44. The normalized spacial score (nSPS) is 21.8. The van der Waals surface area contributed by atoms with Crippen LogP contribution in [0.15, 0.2) is 17.8 Å². The van der Waals surface area contributed by atoms with E-state index in [0.717, 1.165) is 24.3 Å². The second kappa shape index (κ2) is 5.90. The van der Waals surface area contributed by atoms with Crippen molar-refractivity contribution in [3.05, 3.63) is 17.8 Å². The summed E-state index contributed by atoms with van der Waals surface area (Å²) in [5.41, 5.74) is 1.02. The van der Waals surface area contributed by atoms with E-state index in [9.17, 15) is 9.59 Å². The Kier molecular flexibility index (Phi) is 3.72. The predicted octanol–water partition coefficient (Wildman–Crippen LogP) is 1.86. The van der Waals surface area contributed by atoms with Gasteiger partial charge in [-0.3, -0.25) is 9.89 Å². The highest BCUT2D eigenvalue weighted by Crippen LogP contribution is 2.39. The molecule has 3 amide bonds. The Morgan fingerprint density at radius 3 is 3.00 bits per heavy atom. The maximum absolute atomic E-state index is 12.4. The van der Waals surface area contributed by atoms with Crippen molar-refractivity contribution in [1.29, 1.82) is 0 Å². The molecule has 8 nitrogen and oxygen atoms in total. The zero-order valence-corrected chi connectivity index (χ0v) is 13.8.